The molecule has 120 valence electrons. The third kappa shape index (κ3) is 3.11. The molecule has 0 spiro atoms. The molecule has 2 saturated heterocycles. The zero-order chi connectivity index (χ0) is 15.5. The van der Waals surface area contributed by atoms with Crippen molar-refractivity contribution in [2.45, 2.75) is 32.4 Å². The zero-order valence-electron chi connectivity index (χ0n) is 12.9. The smallest absolute Gasteiger partial charge is 0.245 e. The van der Waals surface area contributed by atoms with Gasteiger partial charge in [-0.3, -0.25) is 19.6 Å². The topological polar surface area (TPSA) is 85.4 Å². The summed E-state index contributed by atoms with van der Waals surface area (Å²) in [6.45, 7) is 6.28. The number of carbonyl (C=O) groups excluding carboxylic acids is 2. The summed E-state index contributed by atoms with van der Waals surface area (Å²) in [4.78, 5) is 34.2. The predicted octanol–water partition coefficient (Wildman–Crippen LogP) is -0.540. The largest absolute Gasteiger partial charge is 0.338 e. The molecule has 8 heteroatoms. The van der Waals surface area contributed by atoms with Gasteiger partial charge in [-0.1, -0.05) is 0 Å². The molecule has 0 bridgehead atoms. The van der Waals surface area contributed by atoms with E-state index in [1.807, 2.05) is 11.8 Å². The first-order valence-electron chi connectivity index (χ1n) is 7.80. The third-order valence-electron chi connectivity index (χ3n) is 4.46. The van der Waals surface area contributed by atoms with E-state index < -0.39 is 0 Å². The second kappa shape index (κ2) is 6.43. The number of carbonyl (C=O) groups is 2. The second-order valence-electron chi connectivity index (χ2n) is 5.90. The molecule has 2 aliphatic heterocycles. The number of piperazine rings is 1. The molecule has 0 saturated carbocycles. The van der Waals surface area contributed by atoms with Crippen molar-refractivity contribution >= 4 is 11.8 Å². The Hall–Kier alpha value is -1.96. The van der Waals surface area contributed by atoms with Crippen molar-refractivity contribution in [3.63, 3.8) is 0 Å². The highest BCUT2D eigenvalue weighted by atomic mass is 16.2. The minimum atomic E-state index is -0.337. The Kier molecular flexibility index (Phi) is 4.37. The van der Waals surface area contributed by atoms with Crippen molar-refractivity contribution in [1.82, 2.24) is 29.9 Å². The van der Waals surface area contributed by atoms with Crippen LogP contribution in [0, 0.1) is 0 Å². The first-order valence-corrected chi connectivity index (χ1v) is 7.80. The molecule has 0 aromatic carbocycles. The highest BCUT2D eigenvalue weighted by molar-refractivity contribution is 5.88. The van der Waals surface area contributed by atoms with Crippen LogP contribution in [0.1, 0.15) is 25.6 Å². The maximum absolute atomic E-state index is 12.5. The first-order chi connectivity index (χ1) is 10.6. The number of rotatable bonds is 4. The van der Waals surface area contributed by atoms with Crippen molar-refractivity contribution in [2.24, 2.45) is 0 Å². The Bertz CT molecular complexity index is 523. The van der Waals surface area contributed by atoms with Gasteiger partial charge in [-0.25, -0.2) is 4.98 Å². The van der Waals surface area contributed by atoms with E-state index in [4.69, 9.17) is 0 Å². The summed E-state index contributed by atoms with van der Waals surface area (Å²) in [7, 11) is 0. The van der Waals surface area contributed by atoms with Crippen molar-refractivity contribution in [3.05, 3.63) is 12.2 Å². The van der Waals surface area contributed by atoms with Crippen LogP contribution in [0.3, 0.4) is 0 Å². The number of hydrogen-bond donors (Lipinski definition) is 1. The molecule has 2 aliphatic rings. The van der Waals surface area contributed by atoms with Gasteiger partial charge in [0.25, 0.3) is 0 Å². The van der Waals surface area contributed by atoms with Gasteiger partial charge < -0.3 is 9.80 Å². The van der Waals surface area contributed by atoms with E-state index in [9.17, 15) is 9.59 Å². The van der Waals surface area contributed by atoms with E-state index in [0.717, 1.165) is 31.9 Å². The number of nitrogens with one attached hydrogen (secondary N) is 1. The number of amides is 2. The maximum atomic E-state index is 12.5. The van der Waals surface area contributed by atoms with Crippen LogP contribution >= 0.6 is 0 Å². The van der Waals surface area contributed by atoms with Crippen LogP contribution < -0.4 is 0 Å². The second-order valence-corrected chi connectivity index (χ2v) is 5.90. The summed E-state index contributed by atoms with van der Waals surface area (Å²) in [5.41, 5.74) is 0. The van der Waals surface area contributed by atoms with Crippen LogP contribution in [-0.2, 0) is 16.1 Å². The molecule has 22 heavy (non-hydrogen) atoms. The molecule has 1 atom stereocenters. The normalized spacial score (nSPS) is 21.4. The summed E-state index contributed by atoms with van der Waals surface area (Å²) in [5.74, 6) is 1.01. The lowest BCUT2D eigenvalue weighted by Crippen LogP contribution is -2.54. The van der Waals surface area contributed by atoms with Crippen molar-refractivity contribution < 1.29 is 9.59 Å². The van der Waals surface area contributed by atoms with E-state index in [2.05, 4.69) is 20.1 Å². The molecule has 0 radical (unpaired) electrons. The van der Waals surface area contributed by atoms with Gasteiger partial charge in [0.2, 0.25) is 11.8 Å². The number of H-pyrrole nitrogens is 1. The average molecular weight is 306 g/mol. The molecule has 3 rings (SSSR count). The van der Waals surface area contributed by atoms with Gasteiger partial charge >= 0.3 is 0 Å². The number of hydrogen-bond acceptors (Lipinski definition) is 5. The average Bonchev–Trinajstić information content (AvgIpc) is 3.18. The van der Waals surface area contributed by atoms with Gasteiger partial charge in [-0.15, -0.1) is 0 Å². The van der Waals surface area contributed by atoms with Gasteiger partial charge in [-0.05, 0) is 13.3 Å². The van der Waals surface area contributed by atoms with E-state index in [1.165, 1.54) is 6.33 Å². The van der Waals surface area contributed by atoms with Crippen LogP contribution in [0.15, 0.2) is 6.33 Å². The number of likely N-dealkylation sites (tertiary alicyclic amines) is 1. The predicted molar refractivity (Wildman–Crippen MR) is 78.6 cm³/mol. The summed E-state index contributed by atoms with van der Waals surface area (Å²) in [6, 6.07) is -0.337. The lowest BCUT2D eigenvalue weighted by Gasteiger charge is -2.37. The molecular weight excluding hydrogens is 284 g/mol. The quantitative estimate of drug-likeness (QED) is 0.807. The minimum Gasteiger partial charge on any atom is -0.338 e. The Balaban J connectivity index is 1.50. The summed E-state index contributed by atoms with van der Waals surface area (Å²) in [6.07, 6.45) is 2.94. The maximum Gasteiger partial charge on any atom is 0.245 e. The standard InChI is InChI=1S/C14H22N6O2/c1-11(20-4-2-3-13(20)21)14(22)19-7-5-18(6-8-19)9-12-15-10-16-17-12/h10-11H,2-9H2,1H3,(H,15,16,17). The number of aromatic nitrogens is 3. The highest BCUT2D eigenvalue weighted by Gasteiger charge is 2.33. The van der Waals surface area contributed by atoms with Crippen LogP contribution in [0.5, 0.6) is 0 Å². The minimum absolute atomic E-state index is 0.0644. The molecule has 0 aliphatic carbocycles. The van der Waals surface area contributed by atoms with E-state index in [1.54, 1.807) is 4.90 Å². The molecule has 1 N–H and O–H groups in total. The Morgan fingerprint density at radius 2 is 2.09 bits per heavy atom. The van der Waals surface area contributed by atoms with Crippen LogP contribution in [0.4, 0.5) is 0 Å². The highest BCUT2D eigenvalue weighted by Crippen LogP contribution is 2.16. The van der Waals surface area contributed by atoms with Gasteiger partial charge in [0.1, 0.15) is 18.2 Å². The van der Waals surface area contributed by atoms with Crippen LogP contribution in [0.2, 0.25) is 0 Å². The van der Waals surface area contributed by atoms with Crippen molar-refractivity contribution in [1.29, 1.82) is 0 Å². The Morgan fingerprint density at radius 3 is 2.68 bits per heavy atom. The van der Waals surface area contributed by atoms with Crippen LogP contribution in [-0.4, -0.2) is 80.5 Å². The summed E-state index contributed by atoms with van der Waals surface area (Å²) >= 11 is 0. The van der Waals surface area contributed by atoms with Gasteiger partial charge in [-0.2, -0.15) is 5.10 Å². The first kappa shape index (κ1) is 15.0. The summed E-state index contributed by atoms with van der Waals surface area (Å²) < 4.78 is 0. The fraction of sp³-hybridized carbons (Fsp3) is 0.714. The summed E-state index contributed by atoms with van der Waals surface area (Å²) in [5, 5.41) is 6.69. The van der Waals surface area contributed by atoms with Gasteiger partial charge in [0.15, 0.2) is 0 Å². The van der Waals surface area contributed by atoms with Crippen molar-refractivity contribution in [2.75, 3.05) is 32.7 Å². The molecule has 2 amide bonds. The lowest BCUT2D eigenvalue weighted by atomic mass is 10.2. The molecular formula is C14H22N6O2. The monoisotopic (exact) mass is 306 g/mol. The fourth-order valence-electron chi connectivity index (χ4n) is 3.12. The SMILES string of the molecule is CC(C(=O)N1CCN(Cc2ncn[nH]2)CC1)N1CCCC1=O. The zero-order valence-corrected chi connectivity index (χ0v) is 12.9. The fourth-order valence-corrected chi connectivity index (χ4v) is 3.12. The van der Waals surface area contributed by atoms with Crippen molar-refractivity contribution in [3.8, 4) is 0 Å². The lowest BCUT2D eigenvalue weighted by molar-refractivity contribution is -0.144. The Morgan fingerprint density at radius 1 is 1.32 bits per heavy atom. The number of aromatic amines is 1. The molecule has 3 heterocycles. The molecule has 1 aromatic rings. The molecule has 2 fully saturated rings. The van der Waals surface area contributed by atoms with Crippen LogP contribution in [0.25, 0.3) is 0 Å². The number of nitrogens with zero attached hydrogens (tertiary/aromatic N) is 5. The molecule has 1 unspecified atom stereocenters. The Labute approximate surface area is 129 Å². The van der Waals surface area contributed by atoms with E-state index in [0.29, 0.717) is 26.1 Å². The van der Waals surface area contributed by atoms with E-state index in [-0.39, 0.29) is 17.9 Å². The third-order valence-corrected chi connectivity index (χ3v) is 4.46. The van der Waals surface area contributed by atoms with E-state index >= 15 is 0 Å². The van der Waals surface area contributed by atoms with Gasteiger partial charge in [0.05, 0.1) is 6.54 Å². The molecule has 8 nitrogen and oxygen atoms in total. The molecule has 1 aromatic heterocycles. The van der Waals surface area contributed by atoms with Gasteiger partial charge in [0, 0.05) is 39.1 Å².